The molecule has 34 heavy (non-hydrogen) atoms. The van der Waals surface area contributed by atoms with Gasteiger partial charge in [0.05, 0.1) is 28.5 Å². The Hall–Kier alpha value is -3.20. The van der Waals surface area contributed by atoms with Crippen LogP contribution in [-0.4, -0.2) is 24.5 Å². The Morgan fingerprint density at radius 1 is 1.09 bits per heavy atom. The summed E-state index contributed by atoms with van der Waals surface area (Å²) in [7, 11) is 0. The van der Waals surface area contributed by atoms with Crippen molar-refractivity contribution in [3.63, 3.8) is 0 Å². The number of anilines is 1. The van der Waals surface area contributed by atoms with E-state index in [4.69, 9.17) is 34.8 Å². The van der Waals surface area contributed by atoms with Crippen LogP contribution in [0, 0.1) is 5.82 Å². The summed E-state index contributed by atoms with van der Waals surface area (Å²) in [5.41, 5.74) is 1.65. The lowest BCUT2D eigenvalue weighted by Crippen LogP contribution is -2.27. The average molecular weight is 518 g/mol. The molecule has 11 heteroatoms. The zero-order valence-electron chi connectivity index (χ0n) is 17.6. The largest absolute Gasteiger partial charge is 0.360 e. The zero-order chi connectivity index (χ0) is 24.0. The number of nitrogens with zero attached hydrogens (tertiary/aromatic N) is 4. The fourth-order valence-corrected chi connectivity index (χ4v) is 4.74. The lowest BCUT2D eigenvalue weighted by Gasteiger charge is -2.24. The van der Waals surface area contributed by atoms with Gasteiger partial charge in [0.25, 0.3) is 5.56 Å². The van der Waals surface area contributed by atoms with E-state index in [0.29, 0.717) is 50.2 Å². The minimum absolute atomic E-state index is 0.0631. The van der Waals surface area contributed by atoms with Gasteiger partial charge in [-0.05, 0) is 42.1 Å². The van der Waals surface area contributed by atoms with Gasteiger partial charge in [0.1, 0.15) is 17.7 Å². The number of hydrogen-bond donors (Lipinski definition) is 2. The fraction of sp³-hybridized carbons (Fsp3) is 0.130. The maximum absolute atomic E-state index is 14.3. The summed E-state index contributed by atoms with van der Waals surface area (Å²) in [6.07, 6.45) is 3.52. The maximum atomic E-state index is 14.3. The number of nitrogens with one attached hydrogen (secondary N) is 2. The molecule has 0 aliphatic rings. The van der Waals surface area contributed by atoms with Crippen molar-refractivity contribution in [3.05, 3.63) is 86.0 Å². The number of aromatic nitrogens is 5. The Morgan fingerprint density at radius 2 is 1.85 bits per heavy atom. The first-order valence-corrected chi connectivity index (χ1v) is 11.4. The molecular weight excluding hydrogens is 502 g/mol. The van der Waals surface area contributed by atoms with Crippen molar-refractivity contribution in [2.75, 3.05) is 5.32 Å². The topological polar surface area (TPSA) is 88.5 Å². The van der Waals surface area contributed by atoms with Gasteiger partial charge in [0.15, 0.2) is 11.5 Å². The van der Waals surface area contributed by atoms with Gasteiger partial charge in [0, 0.05) is 15.7 Å². The Labute approximate surface area is 207 Å². The molecule has 7 nitrogen and oxygen atoms in total. The molecular formula is C23H16Cl3FN6O. The van der Waals surface area contributed by atoms with E-state index >= 15 is 0 Å². The van der Waals surface area contributed by atoms with Gasteiger partial charge in [-0.15, -0.1) is 0 Å². The van der Waals surface area contributed by atoms with Crippen molar-refractivity contribution in [2.24, 2.45) is 0 Å². The highest BCUT2D eigenvalue weighted by Gasteiger charge is 2.22. The van der Waals surface area contributed by atoms with Gasteiger partial charge in [-0.2, -0.15) is 0 Å². The molecule has 0 saturated carbocycles. The van der Waals surface area contributed by atoms with Gasteiger partial charge >= 0.3 is 0 Å². The number of halogens is 4. The van der Waals surface area contributed by atoms with Crippen LogP contribution in [0.1, 0.15) is 25.1 Å². The van der Waals surface area contributed by atoms with E-state index in [9.17, 15) is 9.18 Å². The molecule has 0 aliphatic carbocycles. The molecule has 0 radical (unpaired) electrons. The molecule has 0 unspecified atom stereocenters. The zero-order valence-corrected chi connectivity index (χ0v) is 19.9. The second-order valence-electron chi connectivity index (χ2n) is 7.59. The van der Waals surface area contributed by atoms with E-state index in [2.05, 4.69) is 25.3 Å². The summed E-state index contributed by atoms with van der Waals surface area (Å²) in [4.78, 5) is 29.5. The van der Waals surface area contributed by atoms with Gasteiger partial charge < -0.3 is 10.3 Å². The highest BCUT2D eigenvalue weighted by atomic mass is 35.5. The van der Waals surface area contributed by atoms with Gasteiger partial charge in [-0.25, -0.2) is 19.3 Å². The van der Waals surface area contributed by atoms with Crippen LogP contribution in [0.2, 0.25) is 15.1 Å². The first-order chi connectivity index (χ1) is 16.4. The first kappa shape index (κ1) is 22.6. The second kappa shape index (κ2) is 8.87. The molecule has 0 fully saturated rings. The van der Waals surface area contributed by atoms with Crippen molar-refractivity contribution in [3.8, 4) is 5.69 Å². The van der Waals surface area contributed by atoms with Crippen molar-refractivity contribution >= 4 is 62.6 Å². The van der Waals surface area contributed by atoms with E-state index in [0.717, 1.165) is 0 Å². The van der Waals surface area contributed by atoms with Crippen LogP contribution in [0.5, 0.6) is 0 Å². The van der Waals surface area contributed by atoms with Crippen LogP contribution in [0.15, 0.2) is 53.8 Å². The Kier molecular flexibility index (Phi) is 5.89. The van der Waals surface area contributed by atoms with Crippen LogP contribution in [0.25, 0.3) is 27.6 Å². The summed E-state index contributed by atoms with van der Waals surface area (Å²) >= 11 is 18.7. The molecule has 5 aromatic rings. The van der Waals surface area contributed by atoms with E-state index < -0.39 is 17.4 Å². The molecule has 172 valence electrons. The summed E-state index contributed by atoms with van der Waals surface area (Å²) in [5, 5.41) is 4.38. The van der Waals surface area contributed by atoms with Crippen molar-refractivity contribution < 1.29 is 4.39 Å². The lowest BCUT2D eigenvalue weighted by molar-refractivity contribution is 0.629. The van der Waals surface area contributed by atoms with E-state index in [1.165, 1.54) is 29.4 Å². The molecule has 1 atom stereocenters. The van der Waals surface area contributed by atoms with E-state index in [1.54, 1.807) is 24.3 Å². The molecule has 0 bridgehead atoms. The molecule has 5 rings (SSSR count). The monoisotopic (exact) mass is 516 g/mol. The first-order valence-electron chi connectivity index (χ1n) is 10.3. The van der Waals surface area contributed by atoms with Crippen molar-refractivity contribution in [2.45, 2.75) is 19.4 Å². The van der Waals surface area contributed by atoms with Crippen LogP contribution in [0.4, 0.5) is 10.2 Å². The summed E-state index contributed by atoms with van der Waals surface area (Å²) in [5.74, 6) is -0.180. The van der Waals surface area contributed by atoms with Crippen molar-refractivity contribution in [1.29, 1.82) is 0 Å². The number of aromatic amines is 1. The maximum Gasteiger partial charge on any atom is 0.264 e. The van der Waals surface area contributed by atoms with E-state index in [1.807, 2.05) is 6.92 Å². The van der Waals surface area contributed by atoms with Gasteiger partial charge in [-0.1, -0.05) is 47.8 Å². The smallest absolute Gasteiger partial charge is 0.264 e. The SMILES string of the molecule is CC[C@H](Nc1ncnc2[nH]cnc12)c1cc2ccc(F)c(Cl)c2c(=O)n1-c1cc(Cl)cc(Cl)c1. The lowest BCUT2D eigenvalue weighted by atomic mass is 10.0. The average Bonchev–Trinajstić information content (AvgIpc) is 3.28. The number of rotatable bonds is 5. The number of fused-ring (bicyclic) bond motifs is 2. The number of H-pyrrole nitrogens is 1. The number of benzene rings is 2. The third-order valence-corrected chi connectivity index (χ3v) is 6.31. The van der Waals surface area contributed by atoms with Crippen LogP contribution in [0.3, 0.4) is 0 Å². The predicted molar refractivity (Wildman–Crippen MR) is 133 cm³/mol. The molecule has 0 amide bonds. The van der Waals surface area contributed by atoms with Crippen molar-refractivity contribution in [1.82, 2.24) is 24.5 Å². The molecule has 0 aliphatic heterocycles. The fourth-order valence-electron chi connectivity index (χ4n) is 3.97. The second-order valence-corrected chi connectivity index (χ2v) is 8.84. The summed E-state index contributed by atoms with van der Waals surface area (Å²) < 4.78 is 15.7. The molecule has 0 saturated heterocycles. The quantitative estimate of drug-likeness (QED) is 0.285. The van der Waals surface area contributed by atoms with Gasteiger partial charge in [-0.3, -0.25) is 9.36 Å². The molecule has 2 aromatic carbocycles. The standard InChI is InChI=1S/C23H16Cl3FN6O/c1-2-16(32-22-20-21(29-9-28-20)30-10-31-22)17-5-11-3-4-15(27)19(26)18(11)23(34)33(17)14-7-12(24)6-13(25)8-14/h3-10,16H,2H2,1H3,(H2,28,29,30,31,32)/t16-/m0/s1. The normalized spacial score (nSPS) is 12.4. The van der Waals surface area contributed by atoms with Crippen LogP contribution in [-0.2, 0) is 0 Å². The Balaban J connectivity index is 1.78. The minimum Gasteiger partial charge on any atom is -0.360 e. The van der Waals surface area contributed by atoms with Gasteiger partial charge in [0.2, 0.25) is 0 Å². The number of imidazole rings is 1. The number of pyridine rings is 1. The van der Waals surface area contributed by atoms with Crippen LogP contribution >= 0.6 is 34.8 Å². The Morgan fingerprint density at radius 3 is 2.59 bits per heavy atom. The predicted octanol–water partition coefficient (Wildman–Crippen LogP) is 6.32. The minimum atomic E-state index is -0.679. The molecule has 2 N–H and O–H groups in total. The van der Waals surface area contributed by atoms with E-state index in [-0.39, 0.29) is 10.4 Å². The Bertz CT molecular complexity index is 1600. The molecule has 3 heterocycles. The highest BCUT2D eigenvalue weighted by molar-refractivity contribution is 6.36. The third kappa shape index (κ3) is 3.87. The van der Waals surface area contributed by atoms with Crippen LogP contribution < -0.4 is 10.9 Å². The summed E-state index contributed by atoms with van der Waals surface area (Å²) in [6.45, 7) is 1.96. The number of hydrogen-bond acceptors (Lipinski definition) is 5. The molecule has 3 aromatic heterocycles. The highest BCUT2D eigenvalue weighted by Crippen LogP contribution is 2.32. The summed E-state index contributed by atoms with van der Waals surface area (Å²) in [6, 6.07) is 8.95. The molecule has 0 spiro atoms. The third-order valence-electron chi connectivity index (χ3n) is 5.50.